The summed E-state index contributed by atoms with van der Waals surface area (Å²) in [6.07, 6.45) is 6.59. The molecule has 0 saturated heterocycles. The van der Waals surface area contributed by atoms with Crippen LogP contribution < -0.4 is 10.6 Å². The third-order valence-corrected chi connectivity index (χ3v) is 6.21. The first-order chi connectivity index (χ1) is 11.2. The lowest BCUT2D eigenvalue weighted by Crippen LogP contribution is -2.57. The molecule has 124 valence electrons. The molecule has 1 atom stereocenters. The van der Waals surface area contributed by atoms with Crippen molar-refractivity contribution in [3.05, 3.63) is 35.9 Å². The van der Waals surface area contributed by atoms with Crippen LogP contribution in [0.15, 0.2) is 30.3 Å². The highest BCUT2D eigenvalue weighted by atomic mass is 16.3. The van der Waals surface area contributed by atoms with Gasteiger partial charge in [-0.3, -0.25) is 0 Å². The predicted octanol–water partition coefficient (Wildman–Crippen LogP) is 2.84. The first kappa shape index (κ1) is 15.0. The molecule has 4 heteroatoms. The van der Waals surface area contributed by atoms with Crippen molar-refractivity contribution in [2.45, 2.75) is 44.2 Å². The van der Waals surface area contributed by atoms with E-state index in [0.29, 0.717) is 17.9 Å². The SMILES string of the molecule is O=C(NC1C2CC3CC(C2)CC1C3)N[C@@H](CO)c1ccccc1. The van der Waals surface area contributed by atoms with Gasteiger partial charge in [-0.05, 0) is 61.3 Å². The van der Waals surface area contributed by atoms with Crippen molar-refractivity contribution < 1.29 is 9.90 Å². The molecule has 4 aliphatic rings. The van der Waals surface area contributed by atoms with Gasteiger partial charge < -0.3 is 15.7 Å². The van der Waals surface area contributed by atoms with Gasteiger partial charge in [0.15, 0.2) is 0 Å². The van der Waals surface area contributed by atoms with E-state index in [-0.39, 0.29) is 18.7 Å². The minimum absolute atomic E-state index is 0.0842. The molecule has 0 aliphatic heterocycles. The molecule has 3 N–H and O–H groups in total. The number of hydrogen-bond donors (Lipinski definition) is 3. The summed E-state index contributed by atoms with van der Waals surface area (Å²) in [5.41, 5.74) is 0.940. The van der Waals surface area contributed by atoms with Crippen LogP contribution in [0.3, 0.4) is 0 Å². The molecule has 4 fully saturated rings. The van der Waals surface area contributed by atoms with E-state index in [1.165, 1.54) is 32.1 Å². The van der Waals surface area contributed by atoms with E-state index in [0.717, 1.165) is 17.4 Å². The molecule has 0 radical (unpaired) electrons. The van der Waals surface area contributed by atoms with Gasteiger partial charge >= 0.3 is 6.03 Å². The Bertz CT molecular complexity index is 532. The molecule has 0 aromatic heterocycles. The third-order valence-electron chi connectivity index (χ3n) is 6.21. The van der Waals surface area contributed by atoms with Gasteiger partial charge in [-0.25, -0.2) is 4.79 Å². The number of aliphatic hydroxyl groups excluding tert-OH is 1. The topological polar surface area (TPSA) is 61.4 Å². The van der Waals surface area contributed by atoms with Gasteiger partial charge in [0, 0.05) is 6.04 Å². The zero-order chi connectivity index (χ0) is 15.8. The molecule has 0 heterocycles. The fraction of sp³-hybridized carbons (Fsp3) is 0.632. The minimum atomic E-state index is -0.340. The van der Waals surface area contributed by atoms with Gasteiger partial charge in [0.25, 0.3) is 0 Å². The molecular weight excluding hydrogens is 288 g/mol. The Morgan fingerprint density at radius 3 is 2.22 bits per heavy atom. The van der Waals surface area contributed by atoms with Crippen molar-refractivity contribution in [2.24, 2.45) is 23.7 Å². The van der Waals surface area contributed by atoms with Crippen molar-refractivity contribution in [3.8, 4) is 0 Å². The zero-order valence-electron chi connectivity index (χ0n) is 13.4. The van der Waals surface area contributed by atoms with Crippen molar-refractivity contribution in [1.29, 1.82) is 0 Å². The number of hydrogen-bond acceptors (Lipinski definition) is 2. The molecule has 23 heavy (non-hydrogen) atoms. The summed E-state index contributed by atoms with van der Waals surface area (Å²) in [6.45, 7) is -0.0842. The maximum Gasteiger partial charge on any atom is 0.315 e. The first-order valence-electron chi connectivity index (χ1n) is 8.95. The van der Waals surface area contributed by atoms with Crippen LogP contribution in [-0.2, 0) is 0 Å². The lowest BCUT2D eigenvalue weighted by molar-refractivity contribution is -0.00959. The molecule has 4 bridgehead atoms. The van der Waals surface area contributed by atoms with E-state index in [1.54, 1.807) is 0 Å². The van der Waals surface area contributed by atoms with E-state index in [1.807, 2.05) is 30.3 Å². The molecule has 2 amide bonds. The second-order valence-corrected chi connectivity index (χ2v) is 7.72. The fourth-order valence-electron chi connectivity index (χ4n) is 5.43. The lowest BCUT2D eigenvalue weighted by atomic mass is 9.54. The number of carbonyl (C=O) groups excluding carboxylic acids is 1. The Morgan fingerprint density at radius 1 is 1.04 bits per heavy atom. The molecule has 1 aromatic rings. The zero-order valence-corrected chi connectivity index (χ0v) is 13.4. The highest BCUT2D eigenvalue weighted by Crippen LogP contribution is 2.53. The number of urea groups is 1. The Labute approximate surface area is 137 Å². The average Bonchev–Trinajstić information content (AvgIpc) is 2.56. The maximum absolute atomic E-state index is 12.4. The summed E-state index contributed by atoms with van der Waals surface area (Å²) in [5, 5.41) is 15.8. The molecular formula is C19H26N2O2. The number of aliphatic hydroxyl groups is 1. The molecule has 5 rings (SSSR count). The number of rotatable bonds is 4. The normalized spacial score (nSPS) is 35.8. The highest BCUT2D eigenvalue weighted by Gasteiger charge is 2.48. The van der Waals surface area contributed by atoms with E-state index >= 15 is 0 Å². The second kappa shape index (κ2) is 6.16. The quantitative estimate of drug-likeness (QED) is 0.800. The van der Waals surface area contributed by atoms with Crippen LogP contribution in [0, 0.1) is 23.7 Å². The Kier molecular flexibility index (Phi) is 4.02. The molecule has 4 aliphatic carbocycles. The Hall–Kier alpha value is -1.55. The van der Waals surface area contributed by atoms with Crippen LogP contribution in [0.25, 0.3) is 0 Å². The van der Waals surface area contributed by atoms with E-state index in [9.17, 15) is 9.90 Å². The van der Waals surface area contributed by atoms with E-state index in [4.69, 9.17) is 0 Å². The summed E-state index contributed by atoms with van der Waals surface area (Å²) in [7, 11) is 0. The van der Waals surface area contributed by atoms with Crippen LogP contribution in [-0.4, -0.2) is 23.8 Å². The summed E-state index contributed by atoms with van der Waals surface area (Å²) in [6, 6.07) is 9.52. The van der Waals surface area contributed by atoms with Gasteiger partial charge in [-0.15, -0.1) is 0 Å². The Morgan fingerprint density at radius 2 is 1.65 bits per heavy atom. The summed E-state index contributed by atoms with van der Waals surface area (Å²) in [5.74, 6) is 3.16. The predicted molar refractivity (Wildman–Crippen MR) is 88.8 cm³/mol. The van der Waals surface area contributed by atoms with Crippen LogP contribution in [0.5, 0.6) is 0 Å². The van der Waals surface area contributed by atoms with E-state index < -0.39 is 0 Å². The van der Waals surface area contributed by atoms with Crippen molar-refractivity contribution >= 4 is 6.03 Å². The van der Waals surface area contributed by atoms with Gasteiger partial charge in [0.05, 0.1) is 12.6 Å². The van der Waals surface area contributed by atoms with Gasteiger partial charge in [-0.2, -0.15) is 0 Å². The van der Waals surface area contributed by atoms with Gasteiger partial charge in [-0.1, -0.05) is 30.3 Å². The fourth-order valence-corrected chi connectivity index (χ4v) is 5.43. The van der Waals surface area contributed by atoms with Gasteiger partial charge in [0.2, 0.25) is 0 Å². The average molecular weight is 314 g/mol. The van der Waals surface area contributed by atoms with Crippen LogP contribution in [0.2, 0.25) is 0 Å². The second-order valence-electron chi connectivity index (χ2n) is 7.72. The lowest BCUT2D eigenvalue weighted by Gasteiger charge is -2.54. The molecule has 0 spiro atoms. The van der Waals surface area contributed by atoms with Crippen molar-refractivity contribution in [1.82, 2.24) is 10.6 Å². The molecule has 1 aromatic carbocycles. The smallest absolute Gasteiger partial charge is 0.315 e. The number of carbonyl (C=O) groups is 1. The van der Waals surface area contributed by atoms with Crippen LogP contribution in [0.1, 0.15) is 43.7 Å². The minimum Gasteiger partial charge on any atom is -0.394 e. The van der Waals surface area contributed by atoms with Crippen molar-refractivity contribution in [3.63, 3.8) is 0 Å². The highest BCUT2D eigenvalue weighted by molar-refractivity contribution is 5.75. The van der Waals surface area contributed by atoms with E-state index in [2.05, 4.69) is 10.6 Å². The summed E-state index contributed by atoms with van der Waals surface area (Å²) < 4.78 is 0. The molecule has 4 saturated carbocycles. The van der Waals surface area contributed by atoms with Crippen LogP contribution in [0.4, 0.5) is 4.79 Å². The number of amides is 2. The molecule has 0 unspecified atom stereocenters. The number of benzene rings is 1. The summed E-state index contributed by atoms with van der Waals surface area (Å²) >= 11 is 0. The maximum atomic E-state index is 12.4. The Balaban J connectivity index is 1.38. The van der Waals surface area contributed by atoms with Crippen molar-refractivity contribution in [2.75, 3.05) is 6.61 Å². The molecule has 4 nitrogen and oxygen atoms in total. The largest absolute Gasteiger partial charge is 0.394 e. The van der Waals surface area contributed by atoms with Gasteiger partial charge in [0.1, 0.15) is 0 Å². The standard InChI is InChI=1S/C19H26N2O2/c22-11-17(14-4-2-1-3-5-14)20-19(23)21-18-15-7-12-6-13(9-15)10-16(18)8-12/h1-5,12-13,15-18,22H,6-11H2,(H2,20,21,23)/t12?,13?,15?,16?,17-,18?/m0/s1. The van der Waals surface area contributed by atoms with Crippen LogP contribution >= 0.6 is 0 Å². The monoisotopic (exact) mass is 314 g/mol. The third kappa shape index (κ3) is 2.97. The summed E-state index contributed by atoms with van der Waals surface area (Å²) in [4.78, 5) is 12.4. The first-order valence-corrected chi connectivity index (χ1v) is 8.95. The number of nitrogens with one attached hydrogen (secondary N) is 2.